The number of hydrogen-bond donors (Lipinski definition) is 2. The summed E-state index contributed by atoms with van der Waals surface area (Å²) in [5, 5.41) is 12.2. The summed E-state index contributed by atoms with van der Waals surface area (Å²) in [5.74, 6) is -0.529. The maximum atomic E-state index is 13.1. The number of benzene rings is 3. The van der Waals surface area contributed by atoms with Crippen LogP contribution in [0.2, 0.25) is 0 Å². The summed E-state index contributed by atoms with van der Waals surface area (Å²) in [5.41, 5.74) is 2.31. The van der Waals surface area contributed by atoms with Gasteiger partial charge in [-0.2, -0.15) is 0 Å². The highest BCUT2D eigenvalue weighted by Crippen LogP contribution is 2.37. The molecule has 36 heavy (non-hydrogen) atoms. The molecule has 1 saturated heterocycles. The number of nitrogens with one attached hydrogen (secondary N) is 1. The third-order valence-electron chi connectivity index (χ3n) is 4.92. The van der Waals surface area contributed by atoms with Crippen LogP contribution in [0.5, 0.6) is 11.5 Å². The van der Waals surface area contributed by atoms with Crippen molar-refractivity contribution in [2.45, 2.75) is 13.5 Å². The number of thioether (sulfide) groups is 1. The molecule has 4 rings (SSSR count). The molecule has 7 nitrogen and oxygen atoms in total. The molecule has 0 spiro atoms. The predicted molar refractivity (Wildman–Crippen MR) is 145 cm³/mol. The standard InChI is InChI=1S/C26H20FIN2O5S/c1-2-34-21-12-16(11-20(28)23(21)35-14-15-3-5-17(6-4-15)25(32)33)13-22-24(31)30-26(36-22)29-19-9-7-18(27)8-10-19/h3-13H,2,14H2,1H3,(H,32,33)(H,29,30,31)/b22-13+. The zero-order chi connectivity index (χ0) is 25.7. The first-order valence-electron chi connectivity index (χ1n) is 10.8. The number of carbonyl (C=O) groups is 2. The summed E-state index contributed by atoms with van der Waals surface area (Å²) in [6, 6.07) is 15.8. The second-order valence-electron chi connectivity index (χ2n) is 7.51. The Kier molecular flexibility index (Phi) is 8.26. The van der Waals surface area contributed by atoms with Crippen LogP contribution in [0, 0.1) is 9.39 Å². The maximum absolute atomic E-state index is 13.1. The van der Waals surface area contributed by atoms with Gasteiger partial charge in [-0.1, -0.05) is 12.1 Å². The van der Waals surface area contributed by atoms with Gasteiger partial charge in [0.1, 0.15) is 12.4 Å². The van der Waals surface area contributed by atoms with Gasteiger partial charge in [-0.15, -0.1) is 0 Å². The summed E-state index contributed by atoms with van der Waals surface area (Å²) in [4.78, 5) is 28.3. The van der Waals surface area contributed by atoms with Gasteiger partial charge in [0, 0.05) is 0 Å². The van der Waals surface area contributed by atoms with Crippen LogP contribution in [0.4, 0.5) is 10.1 Å². The number of carboxylic acids is 1. The van der Waals surface area contributed by atoms with Crippen molar-refractivity contribution in [3.05, 3.63) is 91.6 Å². The normalized spacial score (nSPS) is 15.2. The van der Waals surface area contributed by atoms with E-state index < -0.39 is 5.97 Å². The van der Waals surface area contributed by atoms with Crippen molar-refractivity contribution in [1.29, 1.82) is 0 Å². The minimum atomic E-state index is -0.983. The van der Waals surface area contributed by atoms with Gasteiger partial charge >= 0.3 is 5.97 Å². The van der Waals surface area contributed by atoms with Crippen molar-refractivity contribution in [2.75, 3.05) is 6.61 Å². The first kappa shape index (κ1) is 25.7. The molecule has 0 radical (unpaired) electrons. The molecule has 1 aliphatic heterocycles. The lowest BCUT2D eigenvalue weighted by molar-refractivity contribution is -0.115. The van der Waals surface area contributed by atoms with Gasteiger partial charge in [-0.25, -0.2) is 14.2 Å². The summed E-state index contributed by atoms with van der Waals surface area (Å²) in [7, 11) is 0. The maximum Gasteiger partial charge on any atom is 0.335 e. The van der Waals surface area contributed by atoms with Crippen molar-refractivity contribution in [2.24, 2.45) is 4.99 Å². The van der Waals surface area contributed by atoms with E-state index in [0.717, 1.165) is 14.7 Å². The highest BCUT2D eigenvalue weighted by molar-refractivity contribution is 14.1. The molecule has 3 aromatic rings. The van der Waals surface area contributed by atoms with E-state index in [0.29, 0.717) is 33.9 Å². The van der Waals surface area contributed by atoms with Crippen molar-refractivity contribution in [1.82, 2.24) is 5.32 Å². The SMILES string of the molecule is CCOc1cc(/C=C2/SC(=Nc3ccc(F)cc3)NC2=O)cc(I)c1OCc1ccc(C(=O)O)cc1. The number of carboxylic acid groups (broad SMARTS) is 1. The van der Waals surface area contributed by atoms with Gasteiger partial charge in [0.05, 0.1) is 26.3 Å². The van der Waals surface area contributed by atoms with E-state index in [1.54, 1.807) is 24.3 Å². The van der Waals surface area contributed by atoms with Crippen molar-refractivity contribution in [3.63, 3.8) is 0 Å². The molecule has 2 N–H and O–H groups in total. The molecule has 0 aromatic heterocycles. The largest absolute Gasteiger partial charge is 0.490 e. The van der Waals surface area contributed by atoms with Crippen molar-refractivity contribution >= 4 is 63.2 Å². The zero-order valence-electron chi connectivity index (χ0n) is 19.0. The number of amides is 1. The van der Waals surface area contributed by atoms with Gasteiger partial charge in [-0.3, -0.25) is 4.79 Å². The number of aliphatic imine (C=N–C) groups is 1. The van der Waals surface area contributed by atoms with Crippen LogP contribution in [0.25, 0.3) is 6.08 Å². The fraction of sp³-hybridized carbons (Fsp3) is 0.115. The second-order valence-corrected chi connectivity index (χ2v) is 9.70. The summed E-state index contributed by atoms with van der Waals surface area (Å²) >= 11 is 3.34. The first-order valence-corrected chi connectivity index (χ1v) is 12.7. The van der Waals surface area contributed by atoms with Crippen LogP contribution < -0.4 is 14.8 Å². The van der Waals surface area contributed by atoms with E-state index in [2.05, 4.69) is 32.9 Å². The highest BCUT2D eigenvalue weighted by Gasteiger charge is 2.24. The molecule has 1 aliphatic rings. The molecule has 1 amide bonds. The second kappa shape index (κ2) is 11.6. The minimum absolute atomic E-state index is 0.209. The number of carbonyl (C=O) groups excluding carboxylic acids is 1. The first-order chi connectivity index (χ1) is 17.3. The lowest BCUT2D eigenvalue weighted by atomic mass is 10.1. The van der Waals surface area contributed by atoms with Crippen LogP contribution in [0.1, 0.15) is 28.4 Å². The molecule has 0 aliphatic carbocycles. The average molecular weight is 618 g/mol. The quantitative estimate of drug-likeness (QED) is 0.238. The van der Waals surface area contributed by atoms with E-state index in [9.17, 15) is 14.0 Å². The Morgan fingerprint density at radius 3 is 2.53 bits per heavy atom. The van der Waals surface area contributed by atoms with Crippen LogP contribution >= 0.6 is 34.4 Å². The Labute approximate surface area is 224 Å². The molecule has 0 bridgehead atoms. The Morgan fingerprint density at radius 1 is 1.14 bits per heavy atom. The van der Waals surface area contributed by atoms with E-state index in [1.165, 1.54) is 48.2 Å². The topological polar surface area (TPSA) is 97.2 Å². The fourth-order valence-electron chi connectivity index (χ4n) is 3.24. The third kappa shape index (κ3) is 6.43. The van der Waals surface area contributed by atoms with Gasteiger partial charge < -0.3 is 19.9 Å². The number of halogens is 2. The van der Waals surface area contributed by atoms with Crippen LogP contribution in [-0.2, 0) is 11.4 Å². The zero-order valence-corrected chi connectivity index (χ0v) is 21.9. The van der Waals surface area contributed by atoms with Crippen LogP contribution in [-0.4, -0.2) is 28.8 Å². The van der Waals surface area contributed by atoms with E-state index in [1.807, 2.05) is 13.0 Å². The van der Waals surface area contributed by atoms with Gasteiger partial charge in [0.2, 0.25) is 0 Å². The van der Waals surface area contributed by atoms with Crippen molar-refractivity contribution < 1.29 is 28.6 Å². The number of aromatic carboxylic acids is 1. The Hall–Kier alpha value is -3.38. The number of hydrogen-bond acceptors (Lipinski definition) is 6. The average Bonchev–Trinajstić information content (AvgIpc) is 3.18. The summed E-state index contributed by atoms with van der Waals surface area (Å²) in [6.45, 7) is 2.52. The summed E-state index contributed by atoms with van der Waals surface area (Å²) in [6.07, 6.45) is 1.74. The third-order valence-corrected chi connectivity index (χ3v) is 6.63. The number of ether oxygens (including phenoxy) is 2. The van der Waals surface area contributed by atoms with E-state index >= 15 is 0 Å². The number of rotatable bonds is 8. The van der Waals surface area contributed by atoms with Crippen LogP contribution in [0.3, 0.4) is 0 Å². The van der Waals surface area contributed by atoms with Crippen molar-refractivity contribution in [3.8, 4) is 11.5 Å². The van der Waals surface area contributed by atoms with Gasteiger partial charge in [-0.05, 0) is 107 Å². The van der Waals surface area contributed by atoms with Gasteiger partial charge in [0.25, 0.3) is 5.91 Å². The Bertz CT molecular complexity index is 1360. The monoisotopic (exact) mass is 618 g/mol. The molecular weight excluding hydrogens is 598 g/mol. The van der Waals surface area contributed by atoms with E-state index in [-0.39, 0.29) is 23.9 Å². The summed E-state index contributed by atoms with van der Waals surface area (Å²) < 4.78 is 25.7. The Morgan fingerprint density at radius 2 is 1.86 bits per heavy atom. The Balaban J connectivity index is 1.53. The molecule has 10 heteroatoms. The lowest BCUT2D eigenvalue weighted by Gasteiger charge is -2.15. The van der Waals surface area contributed by atoms with E-state index in [4.69, 9.17) is 14.6 Å². The molecule has 0 atom stereocenters. The number of nitrogens with zero attached hydrogens (tertiary/aromatic N) is 1. The predicted octanol–water partition coefficient (Wildman–Crippen LogP) is 6.00. The minimum Gasteiger partial charge on any atom is -0.490 e. The molecular formula is C26H20FIN2O5S. The molecule has 0 unspecified atom stereocenters. The lowest BCUT2D eigenvalue weighted by Crippen LogP contribution is -2.19. The number of amidine groups is 1. The smallest absolute Gasteiger partial charge is 0.335 e. The van der Waals surface area contributed by atoms with Crippen LogP contribution in [0.15, 0.2) is 70.6 Å². The molecule has 1 fully saturated rings. The molecule has 1 heterocycles. The molecule has 3 aromatic carbocycles. The molecule has 0 saturated carbocycles. The van der Waals surface area contributed by atoms with Gasteiger partial charge in [0.15, 0.2) is 16.7 Å². The fourth-order valence-corrected chi connectivity index (χ4v) is 4.86. The molecule has 184 valence electrons. The highest BCUT2D eigenvalue weighted by atomic mass is 127.